The average molecular weight is 365 g/mol. The number of aromatic nitrogens is 2. The summed E-state index contributed by atoms with van der Waals surface area (Å²) in [5.74, 6) is 0.878. The molecule has 1 saturated heterocycles. The van der Waals surface area contributed by atoms with Gasteiger partial charge in [-0.3, -0.25) is 4.57 Å². The molecule has 0 amide bonds. The molecule has 0 atom stereocenters. The number of nitrogens with zero attached hydrogens (tertiary/aromatic N) is 4. The summed E-state index contributed by atoms with van der Waals surface area (Å²) in [6.07, 6.45) is 2.88. The summed E-state index contributed by atoms with van der Waals surface area (Å²) in [4.78, 5) is 9.42. The van der Waals surface area contributed by atoms with Gasteiger partial charge in [-0.25, -0.2) is 4.98 Å². The predicted molar refractivity (Wildman–Crippen MR) is 110 cm³/mol. The number of likely N-dealkylation sites (N-methyl/N-ethyl adjacent to an activating group) is 1. The molecule has 1 aromatic heterocycles. The van der Waals surface area contributed by atoms with Crippen LogP contribution in [0.3, 0.4) is 0 Å². The fraction of sp³-hybridized carbons (Fsp3) is 0.381. The summed E-state index contributed by atoms with van der Waals surface area (Å²) in [6.45, 7) is 6.47. The molecule has 0 saturated carbocycles. The molecule has 1 aliphatic heterocycles. The van der Waals surface area contributed by atoms with E-state index in [9.17, 15) is 0 Å². The van der Waals surface area contributed by atoms with Crippen molar-refractivity contribution in [2.75, 3.05) is 52.1 Å². The number of nitrogen functional groups attached to an aromatic ring is 1. The lowest BCUT2D eigenvalue weighted by atomic mass is 10.2. The summed E-state index contributed by atoms with van der Waals surface area (Å²) in [6, 6.07) is 13.9. The van der Waals surface area contributed by atoms with Gasteiger partial charge in [0.05, 0.1) is 17.6 Å². The van der Waals surface area contributed by atoms with Crippen molar-refractivity contribution >= 4 is 16.7 Å². The Labute approximate surface area is 160 Å². The third-order valence-electron chi connectivity index (χ3n) is 5.17. The molecule has 6 nitrogen and oxygen atoms in total. The molecule has 0 spiro atoms. The molecule has 2 heterocycles. The van der Waals surface area contributed by atoms with E-state index in [-0.39, 0.29) is 0 Å². The van der Waals surface area contributed by atoms with Gasteiger partial charge in [0.1, 0.15) is 12.1 Å². The van der Waals surface area contributed by atoms with E-state index in [1.165, 1.54) is 0 Å². The van der Waals surface area contributed by atoms with Gasteiger partial charge in [-0.15, -0.1) is 0 Å². The Kier molecular flexibility index (Phi) is 5.27. The maximum atomic E-state index is 5.95. The van der Waals surface area contributed by atoms with E-state index in [1.54, 1.807) is 0 Å². The van der Waals surface area contributed by atoms with Gasteiger partial charge in [-0.05, 0) is 49.9 Å². The molecule has 0 radical (unpaired) electrons. The molecule has 142 valence electrons. The van der Waals surface area contributed by atoms with Crippen LogP contribution in [0.4, 0.5) is 5.69 Å². The zero-order valence-electron chi connectivity index (χ0n) is 15.8. The van der Waals surface area contributed by atoms with Crippen LogP contribution in [-0.2, 0) is 0 Å². The number of imidazole rings is 1. The summed E-state index contributed by atoms with van der Waals surface area (Å²) in [5.41, 5.74) is 9.58. The fourth-order valence-electron chi connectivity index (χ4n) is 3.47. The Balaban J connectivity index is 1.34. The van der Waals surface area contributed by atoms with Crippen molar-refractivity contribution in [3.05, 3.63) is 48.8 Å². The molecule has 4 rings (SSSR count). The number of rotatable bonds is 6. The number of hydrogen-bond donors (Lipinski definition) is 1. The second-order valence-electron chi connectivity index (χ2n) is 7.20. The smallest absolute Gasteiger partial charge is 0.121 e. The van der Waals surface area contributed by atoms with E-state index in [0.717, 1.165) is 73.9 Å². The van der Waals surface area contributed by atoms with Crippen LogP contribution >= 0.6 is 0 Å². The van der Waals surface area contributed by atoms with E-state index in [1.807, 2.05) is 42.7 Å². The number of hydrogen-bond acceptors (Lipinski definition) is 5. The fourth-order valence-corrected chi connectivity index (χ4v) is 3.47. The SMILES string of the molecule is CN1CCN(CCCOc2ccc3c(c2)ncn3-c2ccc(N)cc2)CC1. The van der Waals surface area contributed by atoms with Gasteiger partial charge in [0, 0.05) is 50.2 Å². The zero-order valence-corrected chi connectivity index (χ0v) is 15.8. The van der Waals surface area contributed by atoms with Crippen LogP contribution in [0, 0.1) is 0 Å². The highest BCUT2D eigenvalue weighted by molar-refractivity contribution is 5.79. The highest BCUT2D eigenvalue weighted by atomic mass is 16.5. The van der Waals surface area contributed by atoms with E-state index < -0.39 is 0 Å². The summed E-state index contributed by atoms with van der Waals surface area (Å²) >= 11 is 0. The minimum absolute atomic E-state index is 0.733. The summed E-state index contributed by atoms with van der Waals surface area (Å²) in [5, 5.41) is 0. The normalized spacial score (nSPS) is 16.0. The van der Waals surface area contributed by atoms with Crippen molar-refractivity contribution in [2.45, 2.75) is 6.42 Å². The highest BCUT2D eigenvalue weighted by Gasteiger charge is 2.13. The first-order valence-corrected chi connectivity index (χ1v) is 9.56. The first-order valence-electron chi connectivity index (χ1n) is 9.56. The lowest BCUT2D eigenvalue weighted by Gasteiger charge is -2.32. The van der Waals surface area contributed by atoms with Crippen molar-refractivity contribution in [1.82, 2.24) is 19.4 Å². The van der Waals surface area contributed by atoms with Crippen molar-refractivity contribution in [1.29, 1.82) is 0 Å². The van der Waals surface area contributed by atoms with Crippen molar-refractivity contribution in [3.63, 3.8) is 0 Å². The summed E-state index contributed by atoms with van der Waals surface area (Å²) in [7, 11) is 2.19. The summed E-state index contributed by atoms with van der Waals surface area (Å²) < 4.78 is 8.02. The Morgan fingerprint density at radius 1 is 1.04 bits per heavy atom. The van der Waals surface area contributed by atoms with E-state index in [2.05, 4.69) is 32.5 Å². The van der Waals surface area contributed by atoms with Crippen LogP contribution < -0.4 is 10.5 Å². The van der Waals surface area contributed by atoms with Gasteiger partial charge >= 0.3 is 0 Å². The topological polar surface area (TPSA) is 59.5 Å². The molecule has 6 heteroatoms. The second-order valence-corrected chi connectivity index (χ2v) is 7.20. The monoisotopic (exact) mass is 365 g/mol. The average Bonchev–Trinajstić information content (AvgIpc) is 3.10. The lowest BCUT2D eigenvalue weighted by molar-refractivity contribution is 0.145. The number of benzene rings is 2. The zero-order chi connectivity index (χ0) is 18.6. The minimum atomic E-state index is 0.733. The van der Waals surface area contributed by atoms with E-state index in [0.29, 0.717) is 0 Å². The molecule has 2 aromatic carbocycles. The molecule has 1 aliphatic rings. The maximum Gasteiger partial charge on any atom is 0.121 e. The molecule has 0 unspecified atom stereocenters. The predicted octanol–water partition coefficient (Wildman–Crippen LogP) is 2.62. The number of anilines is 1. The van der Waals surface area contributed by atoms with Crippen molar-refractivity contribution < 1.29 is 4.74 Å². The van der Waals surface area contributed by atoms with Gasteiger partial charge in [0.2, 0.25) is 0 Å². The van der Waals surface area contributed by atoms with Crippen LogP contribution in [0.15, 0.2) is 48.8 Å². The number of piperazine rings is 1. The van der Waals surface area contributed by atoms with E-state index in [4.69, 9.17) is 10.5 Å². The molecule has 27 heavy (non-hydrogen) atoms. The van der Waals surface area contributed by atoms with Gasteiger partial charge in [0.15, 0.2) is 0 Å². The molecule has 0 aliphatic carbocycles. The highest BCUT2D eigenvalue weighted by Crippen LogP contribution is 2.23. The van der Waals surface area contributed by atoms with Crippen molar-refractivity contribution in [2.24, 2.45) is 0 Å². The first kappa shape index (κ1) is 17.8. The minimum Gasteiger partial charge on any atom is -0.493 e. The second kappa shape index (κ2) is 7.98. The molecule has 0 bridgehead atoms. The molecular weight excluding hydrogens is 338 g/mol. The Bertz CT molecular complexity index is 881. The molecular formula is C21H27N5O. The van der Waals surface area contributed by atoms with Crippen LogP contribution in [-0.4, -0.2) is 65.7 Å². The largest absolute Gasteiger partial charge is 0.493 e. The number of fused-ring (bicyclic) bond motifs is 1. The van der Waals surface area contributed by atoms with E-state index >= 15 is 0 Å². The van der Waals surface area contributed by atoms with Crippen LogP contribution in [0.2, 0.25) is 0 Å². The molecule has 3 aromatic rings. The molecule has 2 N–H and O–H groups in total. The van der Waals surface area contributed by atoms with Gasteiger partial charge < -0.3 is 20.3 Å². The molecule has 1 fully saturated rings. The standard InChI is InChI=1S/C21H27N5O/c1-24-10-12-25(13-11-24)9-2-14-27-19-7-8-21-20(15-19)23-16-26(21)18-5-3-17(22)4-6-18/h3-8,15-16H,2,9-14,22H2,1H3. The Morgan fingerprint density at radius 2 is 1.81 bits per heavy atom. The number of ether oxygens (including phenoxy) is 1. The quantitative estimate of drug-likeness (QED) is 0.537. The number of nitrogens with two attached hydrogens (primary N) is 1. The van der Waals surface area contributed by atoms with Gasteiger partial charge in [-0.1, -0.05) is 0 Å². The third-order valence-corrected chi connectivity index (χ3v) is 5.17. The first-order chi connectivity index (χ1) is 13.2. The van der Waals surface area contributed by atoms with Crippen LogP contribution in [0.25, 0.3) is 16.7 Å². The Morgan fingerprint density at radius 3 is 2.59 bits per heavy atom. The van der Waals surface area contributed by atoms with Gasteiger partial charge in [0.25, 0.3) is 0 Å². The lowest BCUT2D eigenvalue weighted by Crippen LogP contribution is -2.44. The van der Waals surface area contributed by atoms with Crippen molar-refractivity contribution in [3.8, 4) is 11.4 Å². The Hall–Kier alpha value is -2.57. The third kappa shape index (κ3) is 4.23. The van der Waals surface area contributed by atoms with Crippen LogP contribution in [0.5, 0.6) is 5.75 Å². The van der Waals surface area contributed by atoms with Crippen LogP contribution in [0.1, 0.15) is 6.42 Å². The maximum absolute atomic E-state index is 5.95. The van der Waals surface area contributed by atoms with Gasteiger partial charge in [-0.2, -0.15) is 0 Å².